The van der Waals surface area contributed by atoms with E-state index in [4.69, 9.17) is 10.5 Å². The van der Waals surface area contributed by atoms with Crippen molar-refractivity contribution in [2.45, 2.75) is 33.6 Å². The van der Waals surface area contributed by atoms with E-state index in [1.54, 1.807) is 24.3 Å². The van der Waals surface area contributed by atoms with Gasteiger partial charge in [-0.05, 0) is 67.8 Å². The highest BCUT2D eigenvalue weighted by Gasteiger charge is 2.17. The number of nitrogens with zero attached hydrogens (tertiary/aromatic N) is 1. The van der Waals surface area contributed by atoms with E-state index < -0.39 is 5.91 Å². The molecule has 2 aromatic carbocycles. The summed E-state index contributed by atoms with van der Waals surface area (Å²) in [4.78, 5) is 23.7. The first-order valence-electron chi connectivity index (χ1n) is 9.88. The predicted molar refractivity (Wildman–Crippen MR) is 118 cm³/mol. The van der Waals surface area contributed by atoms with Crippen LogP contribution in [0.1, 0.15) is 47.1 Å². The van der Waals surface area contributed by atoms with Crippen molar-refractivity contribution < 1.29 is 14.3 Å². The Labute approximate surface area is 176 Å². The van der Waals surface area contributed by atoms with Crippen molar-refractivity contribution in [1.29, 1.82) is 0 Å². The number of primary amides is 1. The summed E-state index contributed by atoms with van der Waals surface area (Å²) in [7, 11) is 0. The minimum absolute atomic E-state index is 0.180. The number of hydrogen-bond acceptors (Lipinski definition) is 3. The van der Waals surface area contributed by atoms with E-state index in [9.17, 15) is 9.59 Å². The largest absolute Gasteiger partial charge is 0.484 e. The molecule has 0 saturated heterocycles. The van der Waals surface area contributed by atoms with Gasteiger partial charge in [0, 0.05) is 22.8 Å². The van der Waals surface area contributed by atoms with Crippen molar-refractivity contribution in [3.8, 4) is 11.4 Å². The van der Waals surface area contributed by atoms with Crippen LogP contribution in [0.5, 0.6) is 5.75 Å². The zero-order valence-corrected chi connectivity index (χ0v) is 17.7. The lowest BCUT2D eigenvalue weighted by atomic mass is 10.0. The number of nitrogens with two attached hydrogens (primary N) is 1. The summed E-state index contributed by atoms with van der Waals surface area (Å²) in [5.74, 6) is 0.218. The molecule has 2 amide bonds. The number of hydrogen-bond donors (Lipinski definition) is 2. The van der Waals surface area contributed by atoms with Crippen molar-refractivity contribution in [2.75, 3.05) is 11.9 Å². The second-order valence-corrected chi connectivity index (χ2v) is 7.60. The van der Waals surface area contributed by atoms with Gasteiger partial charge in [-0.15, -0.1) is 0 Å². The van der Waals surface area contributed by atoms with E-state index in [0.717, 1.165) is 17.1 Å². The van der Waals surface area contributed by atoms with E-state index in [1.165, 1.54) is 5.56 Å². The lowest BCUT2D eigenvalue weighted by molar-refractivity contribution is -0.119. The first-order valence-corrected chi connectivity index (χ1v) is 9.88. The van der Waals surface area contributed by atoms with Crippen molar-refractivity contribution in [2.24, 2.45) is 5.73 Å². The summed E-state index contributed by atoms with van der Waals surface area (Å²) in [5, 5.41) is 2.91. The van der Waals surface area contributed by atoms with Crippen LogP contribution in [0.25, 0.3) is 5.69 Å². The summed E-state index contributed by atoms with van der Waals surface area (Å²) >= 11 is 0. The summed E-state index contributed by atoms with van der Waals surface area (Å²) in [6, 6.07) is 17.1. The highest BCUT2D eigenvalue weighted by atomic mass is 16.5. The van der Waals surface area contributed by atoms with Gasteiger partial charge in [0.1, 0.15) is 5.75 Å². The molecule has 0 spiro atoms. The molecule has 156 valence electrons. The summed E-state index contributed by atoms with van der Waals surface area (Å²) in [6.45, 7) is 8.09. The number of aryl methyl sites for hydroxylation is 1. The molecular formula is C24H27N3O3. The monoisotopic (exact) mass is 405 g/mol. The molecule has 6 nitrogen and oxygen atoms in total. The van der Waals surface area contributed by atoms with Crippen molar-refractivity contribution in [3.63, 3.8) is 0 Å². The Morgan fingerprint density at radius 1 is 1.07 bits per heavy atom. The number of ether oxygens (including phenoxy) is 1. The fraction of sp³-hybridized carbons (Fsp3) is 0.250. The standard InChI is InChI=1S/C24H27N3O3/c1-15(2)18-6-5-7-20(13-18)27-16(3)12-22(17(27)4)24(29)26-19-8-10-21(11-9-19)30-14-23(25)28/h5-13,15H,14H2,1-4H3,(H2,25,28)(H,26,29). The molecule has 0 aliphatic rings. The van der Waals surface area contributed by atoms with Gasteiger partial charge in [0.2, 0.25) is 0 Å². The molecule has 0 bridgehead atoms. The minimum atomic E-state index is -0.540. The maximum atomic E-state index is 12.9. The molecule has 0 aliphatic carbocycles. The Morgan fingerprint density at radius 2 is 1.77 bits per heavy atom. The Hall–Kier alpha value is -3.54. The topological polar surface area (TPSA) is 86.3 Å². The summed E-state index contributed by atoms with van der Waals surface area (Å²) in [5.41, 5.74) is 10.5. The molecule has 3 aromatic rings. The number of rotatable bonds is 7. The molecule has 0 radical (unpaired) electrons. The molecule has 0 saturated carbocycles. The maximum Gasteiger partial charge on any atom is 0.257 e. The molecule has 6 heteroatoms. The minimum Gasteiger partial charge on any atom is -0.484 e. The lowest BCUT2D eigenvalue weighted by Crippen LogP contribution is -2.20. The zero-order chi connectivity index (χ0) is 21.8. The van der Waals surface area contributed by atoms with Gasteiger partial charge in [0.05, 0.1) is 5.56 Å². The van der Waals surface area contributed by atoms with Crippen molar-refractivity contribution in [3.05, 3.63) is 77.1 Å². The third-order valence-corrected chi connectivity index (χ3v) is 4.96. The third-order valence-electron chi connectivity index (χ3n) is 4.96. The number of aromatic nitrogens is 1. The Kier molecular flexibility index (Phi) is 6.26. The molecule has 1 heterocycles. The number of nitrogens with one attached hydrogen (secondary N) is 1. The molecule has 0 aliphatic heterocycles. The summed E-state index contributed by atoms with van der Waals surface area (Å²) < 4.78 is 7.33. The van der Waals surface area contributed by atoms with Gasteiger partial charge in [-0.3, -0.25) is 9.59 Å². The normalized spacial score (nSPS) is 10.8. The van der Waals surface area contributed by atoms with E-state index in [2.05, 4.69) is 41.9 Å². The second kappa shape index (κ2) is 8.86. The fourth-order valence-electron chi connectivity index (χ4n) is 3.40. The van der Waals surface area contributed by atoms with Crippen LogP contribution in [0.3, 0.4) is 0 Å². The van der Waals surface area contributed by atoms with Crippen molar-refractivity contribution in [1.82, 2.24) is 4.57 Å². The van der Waals surface area contributed by atoms with Crippen LogP contribution in [0.15, 0.2) is 54.6 Å². The van der Waals surface area contributed by atoms with Crippen LogP contribution in [0.2, 0.25) is 0 Å². The van der Waals surface area contributed by atoms with E-state index in [-0.39, 0.29) is 12.5 Å². The zero-order valence-electron chi connectivity index (χ0n) is 17.7. The van der Waals surface area contributed by atoms with Gasteiger partial charge in [-0.2, -0.15) is 0 Å². The Bertz CT molecular complexity index is 1070. The van der Waals surface area contributed by atoms with Crippen LogP contribution in [-0.2, 0) is 4.79 Å². The van der Waals surface area contributed by atoms with Gasteiger partial charge >= 0.3 is 0 Å². The predicted octanol–water partition coefficient (Wildman–Crippen LogP) is 4.33. The lowest BCUT2D eigenvalue weighted by Gasteiger charge is -2.13. The summed E-state index contributed by atoms with van der Waals surface area (Å²) in [6.07, 6.45) is 0. The molecule has 3 rings (SSSR count). The smallest absolute Gasteiger partial charge is 0.257 e. The molecular weight excluding hydrogens is 378 g/mol. The highest BCUT2D eigenvalue weighted by molar-refractivity contribution is 6.05. The number of benzene rings is 2. The fourth-order valence-corrected chi connectivity index (χ4v) is 3.40. The quantitative estimate of drug-likeness (QED) is 0.613. The Balaban J connectivity index is 1.80. The maximum absolute atomic E-state index is 12.9. The number of carbonyl (C=O) groups is 2. The second-order valence-electron chi connectivity index (χ2n) is 7.60. The molecule has 1 aromatic heterocycles. The van der Waals surface area contributed by atoms with Crippen LogP contribution >= 0.6 is 0 Å². The van der Waals surface area contributed by atoms with Gasteiger partial charge in [0.25, 0.3) is 11.8 Å². The molecule has 0 unspecified atom stereocenters. The van der Waals surface area contributed by atoms with Crippen LogP contribution < -0.4 is 15.8 Å². The third kappa shape index (κ3) is 4.71. The van der Waals surface area contributed by atoms with E-state index >= 15 is 0 Å². The first kappa shape index (κ1) is 21.2. The first-order chi connectivity index (χ1) is 14.3. The molecule has 30 heavy (non-hydrogen) atoms. The molecule has 0 fully saturated rings. The number of carbonyl (C=O) groups excluding carboxylic acids is 2. The molecule has 3 N–H and O–H groups in total. The van der Waals surface area contributed by atoms with Crippen LogP contribution in [0.4, 0.5) is 5.69 Å². The van der Waals surface area contributed by atoms with Gasteiger partial charge in [-0.25, -0.2) is 0 Å². The highest BCUT2D eigenvalue weighted by Crippen LogP contribution is 2.25. The van der Waals surface area contributed by atoms with E-state index in [0.29, 0.717) is 22.9 Å². The number of anilines is 1. The van der Waals surface area contributed by atoms with Gasteiger partial charge in [-0.1, -0.05) is 26.0 Å². The van der Waals surface area contributed by atoms with Gasteiger partial charge < -0.3 is 20.4 Å². The number of amides is 2. The van der Waals surface area contributed by atoms with E-state index in [1.807, 2.05) is 26.0 Å². The Morgan fingerprint density at radius 3 is 2.40 bits per heavy atom. The average molecular weight is 405 g/mol. The van der Waals surface area contributed by atoms with Crippen LogP contribution in [0, 0.1) is 13.8 Å². The van der Waals surface area contributed by atoms with Gasteiger partial charge in [0.15, 0.2) is 6.61 Å². The van der Waals surface area contributed by atoms with Crippen molar-refractivity contribution >= 4 is 17.5 Å². The van der Waals surface area contributed by atoms with Crippen LogP contribution in [-0.4, -0.2) is 23.0 Å². The molecule has 0 atom stereocenters. The average Bonchev–Trinajstić information content (AvgIpc) is 3.01. The SMILES string of the molecule is Cc1cc(C(=O)Nc2ccc(OCC(N)=O)cc2)c(C)n1-c1cccc(C(C)C)c1.